The van der Waals surface area contributed by atoms with Crippen LogP contribution >= 0.6 is 11.6 Å². The van der Waals surface area contributed by atoms with Crippen molar-refractivity contribution in [1.82, 2.24) is 5.32 Å². The van der Waals surface area contributed by atoms with Gasteiger partial charge in [0.05, 0.1) is 0 Å². The minimum atomic E-state index is 0.0208. The molecule has 1 amide bonds. The molecule has 0 saturated heterocycles. The zero-order chi connectivity index (χ0) is 13.2. The highest BCUT2D eigenvalue weighted by Gasteiger charge is 2.39. The summed E-state index contributed by atoms with van der Waals surface area (Å²) in [5.74, 6) is 1.60. The fourth-order valence-corrected chi connectivity index (χ4v) is 3.52. The first-order chi connectivity index (χ1) is 9.20. The number of carbonyl (C=O) groups is 1. The van der Waals surface area contributed by atoms with Gasteiger partial charge in [0.15, 0.2) is 0 Å². The molecule has 3 heteroatoms. The van der Waals surface area contributed by atoms with Gasteiger partial charge in [0.2, 0.25) is 5.91 Å². The summed E-state index contributed by atoms with van der Waals surface area (Å²) in [6.45, 7) is 0. The van der Waals surface area contributed by atoms with Gasteiger partial charge in [-0.25, -0.2) is 0 Å². The highest BCUT2D eigenvalue weighted by molar-refractivity contribution is 6.30. The highest BCUT2D eigenvalue weighted by atomic mass is 35.5. The first-order valence-corrected chi connectivity index (χ1v) is 7.32. The topological polar surface area (TPSA) is 29.1 Å². The fourth-order valence-electron chi connectivity index (χ4n) is 3.40. The SMILES string of the molecule is O=C(/C=C/c1ccc(Cl)cc1)N[C@@H]1C[C@H]2CC[C@@H]1C2. The van der Waals surface area contributed by atoms with Crippen LogP contribution in [-0.4, -0.2) is 11.9 Å². The van der Waals surface area contributed by atoms with Gasteiger partial charge in [0, 0.05) is 17.1 Å². The number of nitrogens with one attached hydrogen (secondary N) is 1. The van der Waals surface area contributed by atoms with Gasteiger partial charge < -0.3 is 5.32 Å². The second kappa shape index (κ2) is 5.38. The Bertz CT molecular complexity index is 494. The molecular weight excluding hydrogens is 258 g/mol. The standard InChI is InChI=1S/C16H18ClNO/c17-14-6-2-11(3-7-14)4-8-16(19)18-15-10-12-1-5-13(15)9-12/h2-4,6-8,12-13,15H,1,5,9-10H2,(H,18,19)/b8-4+/t12-,13+,15+/m0/s1. The molecule has 19 heavy (non-hydrogen) atoms. The van der Waals surface area contributed by atoms with Crippen molar-refractivity contribution in [2.75, 3.05) is 0 Å². The number of rotatable bonds is 3. The molecule has 1 aromatic carbocycles. The van der Waals surface area contributed by atoms with Gasteiger partial charge in [0.1, 0.15) is 0 Å². The molecule has 0 aromatic heterocycles. The summed E-state index contributed by atoms with van der Waals surface area (Å²) in [5, 5.41) is 3.85. The first kappa shape index (κ1) is 12.7. The van der Waals surface area contributed by atoms with E-state index in [2.05, 4.69) is 5.32 Å². The maximum atomic E-state index is 11.9. The van der Waals surface area contributed by atoms with Crippen molar-refractivity contribution < 1.29 is 4.79 Å². The van der Waals surface area contributed by atoms with Crippen LogP contribution in [0, 0.1) is 11.8 Å². The van der Waals surface area contributed by atoms with Gasteiger partial charge in [-0.1, -0.05) is 30.2 Å². The molecule has 2 nitrogen and oxygen atoms in total. The van der Waals surface area contributed by atoms with Gasteiger partial charge in [0.25, 0.3) is 0 Å². The molecule has 0 aliphatic heterocycles. The Morgan fingerprint density at radius 1 is 1.21 bits per heavy atom. The van der Waals surface area contributed by atoms with Crippen LogP contribution in [0.25, 0.3) is 6.08 Å². The fraction of sp³-hybridized carbons (Fsp3) is 0.438. The summed E-state index contributed by atoms with van der Waals surface area (Å²) in [6.07, 6.45) is 8.58. The lowest BCUT2D eigenvalue weighted by Gasteiger charge is -2.22. The Balaban J connectivity index is 1.55. The van der Waals surface area contributed by atoms with Crippen molar-refractivity contribution in [2.24, 2.45) is 11.8 Å². The molecule has 1 aromatic rings. The van der Waals surface area contributed by atoms with Crippen molar-refractivity contribution in [2.45, 2.75) is 31.7 Å². The van der Waals surface area contributed by atoms with E-state index in [9.17, 15) is 4.79 Å². The van der Waals surface area contributed by atoms with Crippen molar-refractivity contribution in [1.29, 1.82) is 0 Å². The number of carbonyl (C=O) groups excluding carboxylic acids is 1. The third-order valence-electron chi connectivity index (χ3n) is 4.36. The normalized spacial score (nSPS) is 29.0. The Morgan fingerprint density at radius 2 is 2.00 bits per heavy atom. The minimum absolute atomic E-state index is 0.0208. The van der Waals surface area contributed by atoms with Gasteiger partial charge in [-0.05, 0) is 54.9 Å². The van der Waals surface area contributed by atoms with Gasteiger partial charge in [-0.3, -0.25) is 4.79 Å². The van der Waals surface area contributed by atoms with Crippen LogP contribution in [0.1, 0.15) is 31.2 Å². The molecule has 2 saturated carbocycles. The van der Waals surface area contributed by atoms with E-state index in [4.69, 9.17) is 11.6 Å². The average molecular weight is 276 g/mol. The summed E-state index contributed by atoms with van der Waals surface area (Å²) in [5.41, 5.74) is 0.993. The molecule has 2 aliphatic carbocycles. The van der Waals surface area contributed by atoms with E-state index in [1.165, 1.54) is 25.7 Å². The lowest BCUT2D eigenvalue weighted by atomic mass is 9.95. The highest BCUT2D eigenvalue weighted by Crippen LogP contribution is 2.44. The quantitative estimate of drug-likeness (QED) is 0.838. The second-order valence-corrected chi connectivity index (χ2v) is 6.11. The summed E-state index contributed by atoms with van der Waals surface area (Å²) in [7, 11) is 0. The zero-order valence-corrected chi connectivity index (χ0v) is 11.6. The van der Waals surface area contributed by atoms with Crippen LogP contribution in [0.2, 0.25) is 5.02 Å². The molecule has 0 spiro atoms. The average Bonchev–Trinajstić information content (AvgIpc) is 3.00. The Hall–Kier alpha value is -1.28. The van der Waals surface area contributed by atoms with E-state index in [0.29, 0.717) is 11.1 Å². The number of halogens is 1. The van der Waals surface area contributed by atoms with E-state index >= 15 is 0 Å². The number of hydrogen-bond donors (Lipinski definition) is 1. The zero-order valence-electron chi connectivity index (χ0n) is 10.8. The maximum absolute atomic E-state index is 11.9. The summed E-state index contributed by atoms with van der Waals surface area (Å²) >= 11 is 5.82. The molecule has 0 unspecified atom stereocenters. The molecule has 3 atom stereocenters. The van der Waals surface area contributed by atoms with Crippen LogP contribution in [-0.2, 0) is 4.79 Å². The van der Waals surface area contributed by atoms with Crippen molar-refractivity contribution in [3.8, 4) is 0 Å². The molecule has 2 aliphatic rings. The Kier molecular flexibility index (Phi) is 3.61. The predicted molar refractivity (Wildman–Crippen MR) is 77.9 cm³/mol. The number of fused-ring (bicyclic) bond motifs is 2. The number of benzene rings is 1. The van der Waals surface area contributed by atoms with E-state index in [0.717, 1.165) is 17.4 Å². The van der Waals surface area contributed by atoms with Crippen LogP contribution in [0.3, 0.4) is 0 Å². The Morgan fingerprint density at radius 3 is 2.63 bits per heavy atom. The molecule has 0 radical (unpaired) electrons. The molecule has 100 valence electrons. The van der Waals surface area contributed by atoms with E-state index in [1.807, 2.05) is 30.3 Å². The van der Waals surface area contributed by atoms with Crippen molar-refractivity contribution >= 4 is 23.6 Å². The summed E-state index contributed by atoms with van der Waals surface area (Å²) in [6, 6.07) is 7.87. The van der Waals surface area contributed by atoms with Gasteiger partial charge in [-0.15, -0.1) is 0 Å². The van der Waals surface area contributed by atoms with Crippen LogP contribution in [0.15, 0.2) is 30.3 Å². The molecule has 1 N–H and O–H groups in total. The molecule has 0 heterocycles. The second-order valence-electron chi connectivity index (χ2n) is 5.67. The minimum Gasteiger partial charge on any atom is -0.350 e. The smallest absolute Gasteiger partial charge is 0.244 e. The van der Waals surface area contributed by atoms with E-state index < -0.39 is 0 Å². The van der Waals surface area contributed by atoms with E-state index in [1.54, 1.807) is 6.08 Å². The van der Waals surface area contributed by atoms with Gasteiger partial charge in [-0.2, -0.15) is 0 Å². The molecule has 3 rings (SSSR count). The molecule has 2 bridgehead atoms. The van der Waals surface area contributed by atoms with Crippen LogP contribution in [0.5, 0.6) is 0 Å². The van der Waals surface area contributed by atoms with Crippen molar-refractivity contribution in [3.63, 3.8) is 0 Å². The molecular formula is C16H18ClNO. The monoisotopic (exact) mass is 275 g/mol. The lowest BCUT2D eigenvalue weighted by molar-refractivity contribution is -0.117. The third-order valence-corrected chi connectivity index (χ3v) is 4.61. The Labute approximate surface area is 118 Å². The van der Waals surface area contributed by atoms with E-state index in [-0.39, 0.29) is 5.91 Å². The van der Waals surface area contributed by atoms with Crippen molar-refractivity contribution in [3.05, 3.63) is 40.9 Å². The maximum Gasteiger partial charge on any atom is 0.244 e. The van der Waals surface area contributed by atoms with Crippen LogP contribution < -0.4 is 5.32 Å². The largest absolute Gasteiger partial charge is 0.350 e. The lowest BCUT2D eigenvalue weighted by Crippen LogP contribution is -2.37. The summed E-state index contributed by atoms with van der Waals surface area (Å²) in [4.78, 5) is 11.9. The number of amides is 1. The van der Waals surface area contributed by atoms with Crippen LogP contribution in [0.4, 0.5) is 0 Å². The number of hydrogen-bond acceptors (Lipinski definition) is 1. The molecule has 2 fully saturated rings. The predicted octanol–water partition coefficient (Wildman–Crippen LogP) is 3.66. The summed E-state index contributed by atoms with van der Waals surface area (Å²) < 4.78 is 0. The third kappa shape index (κ3) is 3.01. The van der Waals surface area contributed by atoms with Gasteiger partial charge >= 0.3 is 0 Å². The first-order valence-electron chi connectivity index (χ1n) is 6.95.